The van der Waals surface area contributed by atoms with Crippen LogP contribution in [-0.4, -0.2) is 11.9 Å². The number of rotatable bonds is 5. The first kappa shape index (κ1) is 13.9. The molecule has 5 heteroatoms. The Morgan fingerprint density at radius 2 is 2.29 bits per heavy atom. The third kappa shape index (κ3) is 4.32. The zero-order chi connectivity index (χ0) is 12.8. The van der Waals surface area contributed by atoms with Crippen molar-refractivity contribution in [1.29, 1.82) is 0 Å². The minimum absolute atomic E-state index is 0.103. The topological polar surface area (TPSA) is 55.1 Å². The van der Waals surface area contributed by atoms with E-state index in [1.54, 1.807) is 0 Å². The number of unbranched alkanes of at least 4 members (excludes halogenated alkanes) is 1. The smallest absolute Gasteiger partial charge is 0.241 e. The fourth-order valence-corrected chi connectivity index (χ4v) is 1.53. The summed E-state index contributed by atoms with van der Waals surface area (Å²) >= 11 is 5.61. The average Bonchev–Trinajstić information content (AvgIpc) is 2.29. The van der Waals surface area contributed by atoms with Crippen LogP contribution in [0.15, 0.2) is 18.2 Å². The maximum Gasteiger partial charge on any atom is 0.241 e. The van der Waals surface area contributed by atoms with Crippen molar-refractivity contribution in [2.45, 2.75) is 32.2 Å². The normalized spacial score (nSPS) is 12.2. The molecule has 0 aromatic heterocycles. The number of nitrogens with one attached hydrogen (secondary N) is 1. The summed E-state index contributed by atoms with van der Waals surface area (Å²) in [6.07, 6.45) is 2.44. The van der Waals surface area contributed by atoms with Crippen LogP contribution in [0.2, 0.25) is 5.02 Å². The average molecular weight is 259 g/mol. The first-order valence-corrected chi connectivity index (χ1v) is 5.94. The molecule has 3 N–H and O–H groups in total. The van der Waals surface area contributed by atoms with Crippen LogP contribution in [-0.2, 0) is 4.79 Å². The molecule has 1 atom stereocenters. The van der Waals surface area contributed by atoms with Crippen molar-refractivity contribution in [2.24, 2.45) is 5.73 Å². The molecule has 0 unspecified atom stereocenters. The third-order valence-electron chi connectivity index (χ3n) is 2.39. The molecule has 1 rings (SSSR count). The van der Waals surface area contributed by atoms with E-state index in [1.165, 1.54) is 12.1 Å². The Hall–Kier alpha value is -1.13. The Bertz CT molecular complexity index is 398. The van der Waals surface area contributed by atoms with Gasteiger partial charge in [0.15, 0.2) is 0 Å². The summed E-state index contributed by atoms with van der Waals surface area (Å²) in [6.45, 7) is 2.02. The van der Waals surface area contributed by atoms with Crippen LogP contribution in [0.5, 0.6) is 0 Å². The van der Waals surface area contributed by atoms with Crippen molar-refractivity contribution in [3.63, 3.8) is 0 Å². The Labute approximate surface area is 105 Å². The van der Waals surface area contributed by atoms with Gasteiger partial charge in [-0.1, -0.05) is 31.4 Å². The first-order valence-electron chi connectivity index (χ1n) is 5.56. The second-order valence-electron chi connectivity index (χ2n) is 3.86. The molecule has 94 valence electrons. The lowest BCUT2D eigenvalue weighted by Crippen LogP contribution is -2.35. The highest BCUT2D eigenvalue weighted by atomic mass is 35.5. The zero-order valence-corrected chi connectivity index (χ0v) is 10.4. The molecule has 0 aliphatic heterocycles. The first-order chi connectivity index (χ1) is 8.04. The number of anilines is 1. The molecule has 0 spiro atoms. The van der Waals surface area contributed by atoms with Gasteiger partial charge in [0.25, 0.3) is 0 Å². The highest BCUT2D eigenvalue weighted by Crippen LogP contribution is 2.19. The third-order valence-corrected chi connectivity index (χ3v) is 2.63. The van der Waals surface area contributed by atoms with Gasteiger partial charge in [-0.25, -0.2) is 4.39 Å². The maximum atomic E-state index is 13.4. The van der Waals surface area contributed by atoms with Crippen LogP contribution >= 0.6 is 11.6 Å². The van der Waals surface area contributed by atoms with Crippen molar-refractivity contribution in [3.8, 4) is 0 Å². The fraction of sp³-hybridized carbons (Fsp3) is 0.417. The number of hydrogen-bond acceptors (Lipinski definition) is 2. The fourth-order valence-electron chi connectivity index (χ4n) is 1.37. The number of halogens is 2. The van der Waals surface area contributed by atoms with E-state index in [0.29, 0.717) is 6.42 Å². The van der Waals surface area contributed by atoms with Crippen LogP contribution in [0, 0.1) is 5.82 Å². The molecule has 0 radical (unpaired) electrons. The maximum absolute atomic E-state index is 13.4. The van der Waals surface area contributed by atoms with Crippen molar-refractivity contribution in [1.82, 2.24) is 0 Å². The number of carbonyl (C=O) groups excluding carboxylic acids is 1. The van der Waals surface area contributed by atoms with Crippen LogP contribution in [0.3, 0.4) is 0 Å². The van der Waals surface area contributed by atoms with Gasteiger partial charge in [0.2, 0.25) is 5.91 Å². The van der Waals surface area contributed by atoms with E-state index in [1.807, 2.05) is 6.92 Å². The Balaban J connectivity index is 2.61. The molecular weight excluding hydrogens is 243 g/mol. The van der Waals surface area contributed by atoms with Crippen LogP contribution in [0.4, 0.5) is 10.1 Å². The van der Waals surface area contributed by atoms with Crippen LogP contribution in [0.1, 0.15) is 26.2 Å². The Kier molecular flexibility index (Phi) is 5.38. The van der Waals surface area contributed by atoms with E-state index in [4.69, 9.17) is 17.3 Å². The summed E-state index contributed by atoms with van der Waals surface area (Å²) in [5, 5.41) is 2.74. The molecule has 1 amide bonds. The summed E-state index contributed by atoms with van der Waals surface area (Å²) in [7, 11) is 0. The van der Waals surface area contributed by atoms with Crippen molar-refractivity contribution >= 4 is 23.2 Å². The van der Waals surface area contributed by atoms with Gasteiger partial charge in [0, 0.05) is 5.02 Å². The molecular formula is C12H16ClFN2O. The minimum atomic E-state index is -0.606. The summed E-state index contributed by atoms with van der Waals surface area (Å²) < 4.78 is 13.4. The lowest BCUT2D eigenvalue weighted by atomic mass is 10.1. The van der Waals surface area contributed by atoms with E-state index in [-0.39, 0.29) is 16.6 Å². The lowest BCUT2D eigenvalue weighted by Gasteiger charge is -2.12. The predicted molar refractivity (Wildman–Crippen MR) is 67.5 cm³/mol. The van der Waals surface area contributed by atoms with Crippen LogP contribution < -0.4 is 11.1 Å². The molecule has 0 saturated carbocycles. The van der Waals surface area contributed by atoms with Crippen molar-refractivity contribution < 1.29 is 9.18 Å². The van der Waals surface area contributed by atoms with Gasteiger partial charge in [-0.3, -0.25) is 4.79 Å². The second kappa shape index (κ2) is 6.57. The van der Waals surface area contributed by atoms with Gasteiger partial charge in [-0.2, -0.15) is 0 Å². The summed E-state index contributed by atoms with van der Waals surface area (Å²) in [6, 6.07) is 3.47. The van der Waals surface area contributed by atoms with E-state index in [9.17, 15) is 9.18 Å². The number of carbonyl (C=O) groups is 1. The predicted octanol–water partition coefficient (Wildman–Crippen LogP) is 2.94. The van der Waals surface area contributed by atoms with E-state index in [0.717, 1.165) is 18.9 Å². The van der Waals surface area contributed by atoms with E-state index >= 15 is 0 Å². The number of amides is 1. The summed E-state index contributed by atoms with van der Waals surface area (Å²) in [4.78, 5) is 11.6. The highest BCUT2D eigenvalue weighted by molar-refractivity contribution is 6.30. The van der Waals surface area contributed by atoms with Crippen molar-refractivity contribution in [2.75, 3.05) is 5.32 Å². The largest absolute Gasteiger partial charge is 0.322 e. The molecule has 0 heterocycles. The van der Waals surface area contributed by atoms with Crippen molar-refractivity contribution in [3.05, 3.63) is 29.0 Å². The Morgan fingerprint density at radius 3 is 2.88 bits per heavy atom. The van der Waals surface area contributed by atoms with Gasteiger partial charge in [0.05, 0.1) is 11.7 Å². The number of nitrogens with two attached hydrogens (primary N) is 1. The molecule has 17 heavy (non-hydrogen) atoms. The van der Waals surface area contributed by atoms with Gasteiger partial charge < -0.3 is 11.1 Å². The quantitative estimate of drug-likeness (QED) is 0.853. The SMILES string of the molecule is CCCC[C@H](N)C(=O)Nc1ccc(Cl)cc1F. The minimum Gasteiger partial charge on any atom is -0.322 e. The van der Waals surface area contributed by atoms with E-state index < -0.39 is 11.9 Å². The number of benzene rings is 1. The molecule has 3 nitrogen and oxygen atoms in total. The zero-order valence-electron chi connectivity index (χ0n) is 9.67. The van der Waals surface area contributed by atoms with Gasteiger partial charge >= 0.3 is 0 Å². The van der Waals surface area contributed by atoms with Gasteiger partial charge in [0.1, 0.15) is 5.82 Å². The molecule has 0 bridgehead atoms. The van der Waals surface area contributed by atoms with Gasteiger partial charge in [-0.05, 0) is 24.6 Å². The highest BCUT2D eigenvalue weighted by Gasteiger charge is 2.14. The molecule has 1 aromatic carbocycles. The molecule has 0 aliphatic carbocycles. The molecule has 0 aliphatic rings. The van der Waals surface area contributed by atoms with Crippen LogP contribution in [0.25, 0.3) is 0 Å². The molecule has 0 fully saturated rings. The molecule has 1 aromatic rings. The summed E-state index contributed by atoms with van der Waals surface area (Å²) in [5.74, 6) is -0.937. The Morgan fingerprint density at radius 1 is 1.59 bits per heavy atom. The standard InChI is InChI=1S/C12H16ClFN2O/c1-2-3-4-10(15)12(17)16-11-6-5-8(13)7-9(11)14/h5-7,10H,2-4,15H2,1H3,(H,16,17)/t10-/m0/s1. The summed E-state index contributed by atoms with van der Waals surface area (Å²) in [5.41, 5.74) is 5.77. The lowest BCUT2D eigenvalue weighted by molar-refractivity contribution is -0.117. The number of hydrogen-bond donors (Lipinski definition) is 2. The van der Waals surface area contributed by atoms with Gasteiger partial charge in [-0.15, -0.1) is 0 Å². The molecule has 0 saturated heterocycles. The second-order valence-corrected chi connectivity index (χ2v) is 4.30. The monoisotopic (exact) mass is 258 g/mol. The van der Waals surface area contributed by atoms with E-state index in [2.05, 4.69) is 5.32 Å².